The fraction of sp³-hybridized carbons (Fsp3) is 0.609. The van der Waals surface area contributed by atoms with Crippen LogP contribution in [0.25, 0.3) is 0 Å². The second-order valence-corrected chi connectivity index (χ2v) is 15.4. The summed E-state index contributed by atoms with van der Waals surface area (Å²) in [6.45, 7) is 14.4. The van der Waals surface area contributed by atoms with Crippen LogP contribution >= 0.6 is 11.8 Å². The molecule has 0 N–H and O–H groups in total. The second-order valence-electron chi connectivity index (χ2n) is 9.42. The number of β-lactam (4-membered cyclic amide) rings is 1. The molecule has 1 saturated heterocycles. The van der Waals surface area contributed by atoms with Gasteiger partial charge in [0.05, 0.1) is 24.5 Å². The van der Waals surface area contributed by atoms with Crippen LogP contribution in [0, 0.1) is 5.92 Å². The number of thioether (sulfide) groups is 1. The lowest BCUT2D eigenvalue weighted by molar-refractivity contribution is -0.172. The normalized spacial score (nSPS) is 21.3. The first kappa shape index (κ1) is 25.6. The Morgan fingerprint density at radius 2 is 1.77 bits per heavy atom. The van der Waals surface area contributed by atoms with Crippen molar-refractivity contribution in [3.05, 3.63) is 30.3 Å². The van der Waals surface area contributed by atoms with Gasteiger partial charge in [-0.1, -0.05) is 45.9 Å². The minimum atomic E-state index is -2.11. The zero-order valence-electron chi connectivity index (χ0n) is 19.8. The number of Topliss-reactive ketones (excluding diaryl/α,β-unsaturated/α-hetero) is 1. The maximum atomic E-state index is 13.3. The van der Waals surface area contributed by atoms with Gasteiger partial charge in [0, 0.05) is 11.3 Å². The Morgan fingerprint density at radius 3 is 2.26 bits per heavy atom. The molecule has 1 aliphatic heterocycles. The van der Waals surface area contributed by atoms with E-state index in [4.69, 9.17) is 9.16 Å². The summed E-state index contributed by atoms with van der Waals surface area (Å²) in [4.78, 5) is 40.7. The Labute approximate surface area is 191 Å². The zero-order chi connectivity index (χ0) is 23.6. The number of hydrogen-bond acceptors (Lipinski definition) is 6. The number of esters is 1. The third kappa shape index (κ3) is 5.41. The molecule has 0 bridgehead atoms. The average Bonchev–Trinajstić information content (AvgIpc) is 2.69. The standard InChI is InChI=1S/C23H35NO5SSi/c1-9-17(25)19(22(27)28-6)24-20(26)18(15(2)29-31(7,8)23(3,4)5)21(24)30-16-13-11-10-12-14-16/h10-15,18-19,21H,9H2,1-8H3/t15-,18+,19?,21-/m1/s1. The van der Waals surface area contributed by atoms with Crippen LogP contribution in [-0.4, -0.2) is 55.5 Å². The quantitative estimate of drug-likeness (QED) is 0.231. The van der Waals surface area contributed by atoms with Crippen molar-refractivity contribution >= 4 is 37.7 Å². The Kier molecular flexibility index (Phi) is 8.16. The fourth-order valence-electron chi connectivity index (χ4n) is 3.41. The summed E-state index contributed by atoms with van der Waals surface area (Å²) >= 11 is 1.48. The minimum Gasteiger partial charge on any atom is -0.467 e. The number of amides is 1. The SMILES string of the molecule is CCC(=O)C(C(=O)OC)N1C(=O)[C@H]([C@@H](C)O[Si](C)(C)C(C)(C)C)[C@H]1Sc1ccccc1. The zero-order valence-corrected chi connectivity index (χ0v) is 21.6. The minimum absolute atomic E-state index is 0.00252. The number of carbonyl (C=O) groups excluding carboxylic acids is 3. The number of hydrogen-bond donors (Lipinski definition) is 0. The molecule has 1 aromatic carbocycles. The number of ketones is 1. The highest BCUT2D eigenvalue weighted by Gasteiger charge is 2.57. The summed E-state index contributed by atoms with van der Waals surface area (Å²) in [6, 6.07) is 8.46. The summed E-state index contributed by atoms with van der Waals surface area (Å²) in [5.41, 5.74) is 0. The molecule has 1 aromatic rings. The molecule has 31 heavy (non-hydrogen) atoms. The van der Waals surface area contributed by atoms with Crippen LogP contribution in [0.5, 0.6) is 0 Å². The van der Waals surface area contributed by atoms with Crippen molar-refractivity contribution in [1.29, 1.82) is 0 Å². The topological polar surface area (TPSA) is 72.9 Å². The van der Waals surface area contributed by atoms with Crippen LogP contribution in [0.4, 0.5) is 0 Å². The molecule has 1 aliphatic rings. The van der Waals surface area contributed by atoms with E-state index < -0.39 is 31.6 Å². The lowest BCUT2D eigenvalue weighted by atomic mass is 9.89. The predicted octanol–water partition coefficient (Wildman–Crippen LogP) is 4.49. The van der Waals surface area contributed by atoms with Gasteiger partial charge in [0.2, 0.25) is 5.91 Å². The predicted molar refractivity (Wildman–Crippen MR) is 125 cm³/mol. The molecule has 1 unspecified atom stereocenters. The summed E-state index contributed by atoms with van der Waals surface area (Å²) < 4.78 is 11.4. The monoisotopic (exact) mass is 465 g/mol. The van der Waals surface area contributed by atoms with Gasteiger partial charge in [-0.3, -0.25) is 9.59 Å². The highest BCUT2D eigenvalue weighted by atomic mass is 32.2. The molecule has 0 radical (unpaired) electrons. The van der Waals surface area contributed by atoms with Gasteiger partial charge in [0.15, 0.2) is 20.1 Å². The average molecular weight is 466 g/mol. The summed E-state index contributed by atoms with van der Waals surface area (Å²) in [7, 11) is -0.871. The van der Waals surface area contributed by atoms with Crippen molar-refractivity contribution < 1.29 is 23.5 Å². The van der Waals surface area contributed by atoms with Crippen molar-refractivity contribution in [3.8, 4) is 0 Å². The molecular weight excluding hydrogens is 430 g/mol. The van der Waals surface area contributed by atoms with E-state index in [2.05, 4.69) is 33.9 Å². The molecule has 1 heterocycles. The molecule has 6 nitrogen and oxygen atoms in total. The highest BCUT2D eigenvalue weighted by Crippen LogP contribution is 2.45. The number of nitrogens with zero attached hydrogens (tertiary/aromatic N) is 1. The third-order valence-electron chi connectivity index (χ3n) is 6.27. The first-order chi connectivity index (χ1) is 14.4. The van der Waals surface area contributed by atoms with Crippen molar-refractivity contribution in [1.82, 2.24) is 4.90 Å². The van der Waals surface area contributed by atoms with Gasteiger partial charge in [-0.05, 0) is 37.2 Å². The van der Waals surface area contributed by atoms with Crippen molar-refractivity contribution in [3.63, 3.8) is 0 Å². The van der Waals surface area contributed by atoms with Crippen molar-refractivity contribution in [2.24, 2.45) is 5.92 Å². The highest BCUT2D eigenvalue weighted by molar-refractivity contribution is 8.00. The number of benzene rings is 1. The lowest BCUT2D eigenvalue weighted by Gasteiger charge is -2.52. The van der Waals surface area contributed by atoms with Crippen LogP contribution in [-0.2, 0) is 23.5 Å². The molecule has 0 spiro atoms. The molecule has 4 atom stereocenters. The summed E-state index contributed by atoms with van der Waals surface area (Å²) in [6.07, 6.45) is -0.187. The van der Waals surface area contributed by atoms with Gasteiger partial charge in [-0.2, -0.15) is 0 Å². The van der Waals surface area contributed by atoms with Gasteiger partial charge in [0.1, 0.15) is 0 Å². The maximum Gasteiger partial charge on any atom is 0.336 e. The fourth-order valence-corrected chi connectivity index (χ4v) is 6.25. The van der Waals surface area contributed by atoms with Crippen LogP contribution in [0.2, 0.25) is 18.1 Å². The van der Waals surface area contributed by atoms with E-state index in [1.807, 2.05) is 37.3 Å². The number of methoxy groups -OCH3 is 1. The van der Waals surface area contributed by atoms with Crippen LogP contribution < -0.4 is 0 Å². The molecule has 0 saturated carbocycles. The van der Waals surface area contributed by atoms with Crippen LogP contribution in [0.3, 0.4) is 0 Å². The molecule has 1 amide bonds. The van der Waals surface area contributed by atoms with E-state index in [1.54, 1.807) is 6.92 Å². The molecular formula is C23H35NO5SSi. The lowest BCUT2D eigenvalue weighted by Crippen LogP contribution is -2.69. The van der Waals surface area contributed by atoms with Crippen LogP contribution in [0.1, 0.15) is 41.0 Å². The Hall–Kier alpha value is -1.64. The van der Waals surface area contributed by atoms with Crippen molar-refractivity contribution in [2.45, 2.75) is 81.6 Å². The van der Waals surface area contributed by atoms with Crippen LogP contribution in [0.15, 0.2) is 35.2 Å². The van der Waals surface area contributed by atoms with Gasteiger partial charge >= 0.3 is 5.97 Å². The second kappa shape index (κ2) is 9.88. The first-order valence-corrected chi connectivity index (χ1v) is 14.5. The Morgan fingerprint density at radius 1 is 1.19 bits per heavy atom. The number of ether oxygens (including phenoxy) is 1. The first-order valence-electron chi connectivity index (χ1n) is 10.7. The summed E-state index contributed by atoms with van der Waals surface area (Å²) in [5.74, 6) is -1.71. The van der Waals surface area contributed by atoms with E-state index in [-0.39, 0.29) is 29.3 Å². The van der Waals surface area contributed by atoms with Gasteiger partial charge in [-0.15, -0.1) is 11.8 Å². The van der Waals surface area contributed by atoms with Gasteiger partial charge < -0.3 is 14.1 Å². The molecule has 0 aromatic heterocycles. The van der Waals surface area contributed by atoms with E-state index in [1.165, 1.54) is 23.8 Å². The van der Waals surface area contributed by atoms with Gasteiger partial charge in [-0.25, -0.2) is 4.79 Å². The number of rotatable bonds is 9. The van der Waals surface area contributed by atoms with Gasteiger partial charge in [0.25, 0.3) is 0 Å². The van der Waals surface area contributed by atoms with Crippen molar-refractivity contribution in [2.75, 3.05) is 7.11 Å². The third-order valence-corrected chi connectivity index (χ3v) is 12.1. The largest absolute Gasteiger partial charge is 0.467 e. The van der Waals surface area contributed by atoms with E-state index in [0.717, 1.165) is 4.90 Å². The van der Waals surface area contributed by atoms with E-state index in [0.29, 0.717) is 0 Å². The Balaban J connectivity index is 2.38. The molecule has 0 aliphatic carbocycles. The summed E-state index contributed by atoms with van der Waals surface area (Å²) in [5, 5.41) is -0.392. The van der Waals surface area contributed by atoms with E-state index >= 15 is 0 Å². The maximum absolute atomic E-state index is 13.3. The molecule has 1 fully saturated rings. The smallest absolute Gasteiger partial charge is 0.336 e. The molecule has 2 rings (SSSR count). The van der Waals surface area contributed by atoms with E-state index in [9.17, 15) is 14.4 Å². The Bertz CT molecular complexity index is 792. The number of carbonyl (C=O) groups is 3. The number of likely N-dealkylation sites (tertiary alicyclic amines) is 1. The molecule has 172 valence electrons. The molecule has 8 heteroatoms.